The Kier molecular flexibility index (Phi) is 4.69. The molecular formula is C31H36N2O3. The zero-order valence-electron chi connectivity index (χ0n) is 21.6. The summed E-state index contributed by atoms with van der Waals surface area (Å²) in [6, 6.07) is 10.6. The normalized spacial score (nSPS) is 43.0. The topological polar surface area (TPSA) is 65.8 Å². The van der Waals surface area contributed by atoms with Crippen molar-refractivity contribution >= 4 is 16.5 Å². The number of likely N-dealkylation sites (N-methyl/N-ethyl adjacent to an activating group) is 1. The molecule has 5 heteroatoms. The number of hydrogen-bond donors (Lipinski definition) is 2. The van der Waals surface area contributed by atoms with Gasteiger partial charge in [0.2, 0.25) is 0 Å². The summed E-state index contributed by atoms with van der Waals surface area (Å²) in [6.45, 7) is 4.77. The summed E-state index contributed by atoms with van der Waals surface area (Å²) >= 11 is 0. The molecule has 2 fully saturated rings. The molecule has 2 bridgehead atoms. The van der Waals surface area contributed by atoms with Crippen LogP contribution in [0, 0.1) is 17.3 Å². The van der Waals surface area contributed by atoms with E-state index in [1.54, 1.807) is 0 Å². The van der Waals surface area contributed by atoms with Gasteiger partial charge in [0, 0.05) is 29.0 Å². The number of nitrogens with zero attached hydrogens (tertiary/aromatic N) is 2. The minimum Gasteiger partial charge on any atom is -0.388 e. The zero-order valence-corrected chi connectivity index (χ0v) is 21.6. The van der Waals surface area contributed by atoms with Crippen molar-refractivity contribution in [3.63, 3.8) is 0 Å². The van der Waals surface area contributed by atoms with E-state index in [0.29, 0.717) is 18.3 Å². The highest BCUT2D eigenvalue weighted by Crippen LogP contribution is 2.69. The minimum absolute atomic E-state index is 0.0712. The predicted molar refractivity (Wildman–Crippen MR) is 141 cm³/mol. The van der Waals surface area contributed by atoms with Gasteiger partial charge in [-0.1, -0.05) is 50.3 Å². The highest BCUT2D eigenvalue weighted by Gasteiger charge is 2.68. The maximum absolute atomic E-state index is 11.2. The summed E-state index contributed by atoms with van der Waals surface area (Å²) in [5.41, 5.74) is 4.90. The number of benzene rings is 1. The number of ether oxygens (including phenoxy) is 1. The van der Waals surface area contributed by atoms with Crippen LogP contribution in [0.1, 0.15) is 45.1 Å². The number of pyridine rings is 1. The molecule has 8 atom stereocenters. The van der Waals surface area contributed by atoms with Crippen molar-refractivity contribution in [1.29, 1.82) is 0 Å². The van der Waals surface area contributed by atoms with Gasteiger partial charge in [-0.25, -0.2) is 0 Å². The third kappa shape index (κ3) is 2.67. The third-order valence-corrected chi connectivity index (χ3v) is 10.6. The highest BCUT2D eigenvalue weighted by atomic mass is 16.5. The van der Waals surface area contributed by atoms with E-state index in [4.69, 9.17) is 4.74 Å². The smallest absolute Gasteiger partial charge is 0.105 e. The SMILES string of the molecule is CC1C=C2C=C3C(O)C(O)C(N(C)C)CC34CCC2(O4)C2CC=C(c3cccc4ncccc34)C12C. The minimum atomic E-state index is -0.896. The van der Waals surface area contributed by atoms with Crippen LogP contribution in [0.25, 0.3) is 16.5 Å². The molecule has 2 N–H and O–H groups in total. The number of fused-ring (bicyclic) bond motifs is 2. The molecule has 2 spiro atoms. The highest BCUT2D eigenvalue weighted by molar-refractivity contribution is 5.94. The van der Waals surface area contributed by atoms with Gasteiger partial charge in [0.1, 0.15) is 6.10 Å². The molecule has 3 aliphatic carbocycles. The summed E-state index contributed by atoms with van der Waals surface area (Å²) in [5.74, 6) is 0.624. The van der Waals surface area contributed by atoms with Gasteiger partial charge in [0.25, 0.3) is 0 Å². The van der Waals surface area contributed by atoms with Crippen molar-refractivity contribution in [1.82, 2.24) is 9.88 Å². The molecule has 5 nitrogen and oxygen atoms in total. The molecule has 36 heavy (non-hydrogen) atoms. The lowest BCUT2D eigenvalue weighted by Gasteiger charge is -2.57. The largest absolute Gasteiger partial charge is 0.388 e. The van der Waals surface area contributed by atoms with Crippen LogP contribution in [0.3, 0.4) is 0 Å². The lowest BCUT2D eigenvalue weighted by molar-refractivity contribution is -0.165. The van der Waals surface area contributed by atoms with Crippen molar-refractivity contribution in [2.75, 3.05) is 14.1 Å². The van der Waals surface area contributed by atoms with Crippen LogP contribution in [0.2, 0.25) is 0 Å². The molecule has 1 aromatic carbocycles. The average Bonchev–Trinajstić information content (AvgIpc) is 3.39. The van der Waals surface area contributed by atoms with Gasteiger partial charge in [-0.05, 0) is 80.1 Å². The number of aliphatic hydroxyl groups is 2. The lowest BCUT2D eigenvalue weighted by Crippen LogP contribution is -2.62. The average molecular weight is 485 g/mol. The van der Waals surface area contributed by atoms with Crippen LogP contribution < -0.4 is 0 Å². The molecular weight excluding hydrogens is 448 g/mol. The molecule has 1 saturated heterocycles. The number of aromatic nitrogens is 1. The van der Waals surface area contributed by atoms with E-state index in [1.165, 1.54) is 22.1 Å². The first-order valence-corrected chi connectivity index (χ1v) is 13.4. The summed E-state index contributed by atoms with van der Waals surface area (Å²) in [6.07, 6.45) is 10.8. The number of aliphatic hydroxyl groups excluding tert-OH is 2. The second-order valence-electron chi connectivity index (χ2n) is 12.2. The van der Waals surface area contributed by atoms with Gasteiger partial charge < -0.3 is 19.8 Å². The molecule has 2 aliphatic heterocycles. The number of rotatable bonds is 2. The molecule has 1 aromatic heterocycles. The Balaban J connectivity index is 1.36. The first kappa shape index (κ1) is 22.9. The fourth-order valence-electron chi connectivity index (χ4n) is 8.57. The number of allylic oxidation sites excluding steroid dienone is 3. The van der Waals surface area contributed by atoms with E-state index in [-0.39, 0.29) is 17.1 Å². The van der Waals surface area contributed by atoms with Gasteiger partial charge in [0.05, 0.1) is 22.8 Å². The van der Waals surface area contributed by atoms with Crippen LogP contribution in [0.5, 0.6) is 0 Å². The van der Waals surface area contributed by atoms with Gasteiger partial charge in [-0.2, -0.15) is 0 Å². The summed E-state index contributed by atoms with van der Waals surface area (Å²) in [5, 5.41) is 23.4. The molecule has 7 rings (SSSR count). The standard InChI is InChI=1S/C31H36N2O3/c1-18-15-19-16-23-27(34)28(35)25(33(3)4)17-30(23)12-13-31(19,36-30)26-11-10-22(29(18,26)2)20-7-5-9-24-21(20)8-6-14-32-24/h5-10,14-16,18,25-28,34-35H,11-13,17H2,1-4H3. The van der Waals surface area contributed by atoms with Crippen molar-refractivity contribution in [3.8, 4) is 0 Å². The molecule has 0 radical (unpaired) electrons. The zero-order chi connectivity index (χ0) is 25.0. The van der Waals surface area contributed by atoms with Gasteiger partial charge in [-0.15, -0.1) is 0 Å². The first-order chi connectivity index (χ1) is 17.2. The molecule has 0 amide bonds. The van der Waals surface area contributed by atoms with E-state index in [9.17, 15) is 10.2 Å². The van der Waals surface area contributed by atoms with Gasteiger partial charge in [-0.3, -0.25) is 4.98 Å². The van der Waals surface area contributed by atoms with Crippen LogP contribution >= 0.6 is 0 Å². The summed E-state index contributed by atoms with van der Waals surface area (Å²) < 4.78 is 7.30. The van der Waals surface area contributed by atoms with E-state index >= 15 is 0 Å². The predicted octanol–water partition coefficient (Wildman–Crippen LogP) is 4.50. The van der Waals surface area contributed by atoms with Gasteiger partial charge >= 0.3 is 0 Å². The first-order valence-electron chi connectivity index (χ1n) is 13.4. The van der Waals surface area contributed by atoms with Crippen LogP contribution in [0.15, 0.2) is 65.9 Å². The van der Waals surface area contributed by atoms with Crippen LogP contribution in [0.4, 0.5) is 0 Å². The Hall–Kier alpha value is -2.31. The van der Waals surface area contributed by atoms with Crippen molar-refractivity contribution < 1.29 is 14.9 Å². The van der Waals surface area contributed by atoms with E-state index in [2.05, 4.69) is 61.3 Å². The monoisotopic (exact) mass is 484 g/mol. The summed E-state index contributed by atoms with van der Waals surface area (Å²) in [4.78, 5) is 6.66. The van der Waals surface area contributed by atoms with Crippen LogP contribution in [-0.4, -0.2) is 63.6 Å². The second-order valence-corrected chi connectivity index (χ2v) is 12.2. The Morgan fingerprint density at radius 3 is 2.75 bits per heavy atom. The Labute approximate surface area is 213 Å². The van der Waals surface area contributed by atoms with Gasteiger partial charge in [0.15, 0.2) is 0 Å². The molecule has 1 saturated carbocycles. The molecule has 2 aromatic rings. The molecule has 8 unspecified atom stereocenters. The van der Waals surface area contributed by atoms with E-state index in [0.717, 1.165) is 30.4 Å². The fourth-order valence-corrected chi connectivity index (χ4v) is 8.57. The molecule has 5 aliphatic rings. The Morgan fingerprint density at radius 1 is 1.11 bits per heavy atom. The second kappa shape index (κ2) is 7.38. The molecule has 188 valence electrons. The third-order valence-electron chi connectivity index (χ3n) is 10.6. The van der Waals surface area contributed by atoms with Crippen molar-refractivity contribution in [3.05, 3.63) is 71.5 Å². The quantitative estimate of drug-likeness (QED) is 0.657. The van der Waals surface area contributed by atoms with E-state index in [1.807, 2.05) is 31.3 Å². The van der Waals surface area contributed by atoms with Crippen LogP contribution in [-0.2, 0) is 4.74 Å². The Morgan fingerprint density at radius 2 is 1.94 bits per heavy atom. The summed E-state index contributed by atoms with van der Waals surface area (Å²) in [7, 11) is 3.97. The van der Waals surface area contributed by atoms with Crippen molar-refractivity contribution in [2.24, 2.45) is 17.3 Å². The Bertz CT molecular complexity index is 1360. The van der Waals surface area contributed by atoms with E-state index < -0.39 is 17.8 Å². The lowest BCUT2D eigenvalue weighted by atomic mass is 9.54. The maximum Gasteiger partial charge on any atom is 0.105 e. The van der Waals surface area contributed by atoms with Crippen molar-refractivity contribution in [2.45, 2.75) is 69.0 Å². The molecule has 3 heterocycles. The fraction of sp³-hybridized carbons (Fsp3) is 0.516. The number of hydrogen-bond acceptors (Lipinski definition) is 5. The maximum atomic E-state index is 11.2.